The van der Waals surface area contributed by atoms with Gasteiger partial charge in [-0.25, -0.2) is 0 Å². The van der Waals surface area contributed by atoms with Gasteiger partial charge in [-0.1, -0.05) is 6.07 Å². The van der Waals surface area contributed by atoms with Crippen molar-refractivity contribution in [3.8, 4) is 17.0 Å². The van der Waals surface area contributed by atoms with Crippen LogP contribution < -0.4 is 4.74 Å². The standard InChI is InChI=1S/C18H16N2O4/c1-11-12(7-8-21)3-5-15(18(11)20(22)23)17-10-13-9-14(24-2)4-6-16(13)19-17/h3-6,8-10,19H,7H2,1-2H3. The van der Waals surface area contributed by atoms with E-state index >= 15 is 0 Å². The van der Waals surface area contributed by atoms with E-state index in [1.54, 1.807) is 26.2 Å². The monoisotopic (exact) mass is 324 g/mol. The molecule has 0 unspecified atom stereocenters. The molecule has 24 heavy (non-hydrogen) atoms. The Morgan fingerprint density at radius 2 is 2.04 bits per heavy atom. The van der Waals surface area contributed by atoms with Crippen molar-refractivity contribution in [2.75, 3.05) is 7.11 Å². The normalized spacial score (nSPS) is 10.8. The van der Waals surface area contributed by atoms with Gasteiger partial charge in [-0.15, -0.1) is 0 Å². The number of H-pyrrole nitrogens is 1. The van der Waals surface area contributed by atoms with Gasteiger partial charge in [0.1, 0.15) is 12.0 Å². The van der Waals surface area contributed by atoms with Gasteiger partial charge in [-0.3, -0.25) is 10.1 Å². The van der Waals surface area contributed by atoms with Crippen molar-refractivity contribution in [3.63, 3.8) is 0 Å². The summed E-state index contributed by atoms with van der Waals surface area (Å²) in [5.41, 5.74) is 3.23. The van der Waals surface area contributed by atoms with Crippen LogP contribution in [-0.2, 0) is 11.2 Å². The van der Waals surface area contributed by atoms with Crippen molar-refractivity contribution in [1.82, 2.24) is 4.98 Å². The number of hydrogen-bond acceptors (Lipinski definition) is 4. The highest BCUT2D eigenvalue weighted by Crippen LogP contribution is 2.36. The Labute approximate surface area is 138 Å². The SMILES string of the molecule is COc1ccc2[nH]c(-c3ccc(CC=O)c(C)c3[N+](=O)[O-])cc2c1. The lowest BCUT2D eigenvalue weighted by Crippen LogP contribution is -2.00. The molecular weight excluding hydrogens is 308 g/mol. The molecule has 0 aliphatic carbocycles. The zero-order chi connectivity index (χ0) is 17.3. The number of nitrogens with one attached hydrogen (secondary N) is 1. The number of aromatic nitrogens is 1. The Kier molecular flexibility index (Phi) is 4.04. The third kappa shape index (κ3) is 2.62. The fourth-order valence-electron chi connectivity index (χ4n) is 2.89. The number of methoxy groups -OCH3 is 1. The van der Waals surface area contributed by atoms with Crippen LogP contribution in [-0.4, -0.2) is 23.3 Å². The number of rotatable bonds is 5. The molecule has 1 N–H and O–H groups in total. The molecule has 1 aromatic heterocycles. The number of hydrogen-bond donors (Lipinski definition) is 1. The summed E-state index contributed by atoms with van der Waals surface area (Å²) in [7, 11) is 1.59. The van der Waals surface area contributed by atoms with E-state index in [1.165, 1.54) is 0 Å². The highest BCUT2D eigenvalue weighted by Gasteiger charge is 2.22. The highest BCUT2D eigenvalue weighted by molar-refractivity contribution is 5.89. The zero-order valence-electron chi connectivity index (χ0n) is 13.3. The molecule has 0 atom stereocenters. The number of carbonyl (C=O) groups excluding carboxylic acids is 1. The van der Waals surface area contributed by atoms with E-state index in [0.717, 1.165) is 22.9 Å². The van der Waals surface area contributed by atoms with Crippen molar-refractivity contribution < 1.29 is 14.5 Å². The Bertz CT molecular complexity index is 944. The molecule has 0 spiro atoms. The largest absolute Gasteiger partial charge is 0.497 e. The second-order valence-corrected chi connectivity index (χ2v) is 5.51. The van der Waals surface area contributed by atoms with Crippen LogP contribution in [0.4, 0.5) is 5.69 Å². The molecule has 0 radical (unpaired) electrons. The zero-order valence-corrected chi connectivity index (χ0v) is 13.3. The van der Waals surface area contributed by atoms with Gasteiger partial charge >= 0.3 is 0 Å². The minimum absolute atomic E-state index is 0.0212. The molecule has 0 bridgehead atoms. The first-order valence-corrected chi connectivity index (χ1v) is 7.42. The van der Waals surface area contributed by atoms with Crippen molar-refractivity contribution in [3.05, 3.63) is 57.6 Å². The van der Waals surface area contributed by atoms with Gasteiger partial charge in [0.15, 0.2) is 0 Å². The van der Waals surface area contributed by atoms with Crippen LogP contribution >= 0.6 is 0 Å². The van der Waals surface area contributed by atoms with Gasteiger partial charge in [0.05, 0.1) is 23.3 Å². The number of aromatic amines is 1. The molecule has 0 aliphatic rings. The predicted molar refractivity (Wildman–Crippen MR) is 91.4 cm³/mol. The lowest BCUT2D eigenvalue weighted by molar-refractivity contribution is -0.384. The number of nitro benzene ring substituents is 1. The Morgan fingerprint density at radius 1 is 1.25 bits per heavy atom. The van der Waals surface area contributed by atoms with Gasteiger partial charge in [0.2, 0.25) is 0 Å². The topological polar surface area (TPSA) is 85.2 Å². The van der Waals surface area contributed by atoms with E-state index in [4.69, 9.17) is 4.74 Å². The van der Waals surface area contributed by atoms with Gasteiger partial charge < -0.3 is 14.5 Å². The van der Waals surface area contributed by atoms with E-state index in [2.05, 4.69) is 4.98 Å². The molecule has 6 heteroatoms. The smallest absolute Gasteiger partial charge is 0.281 e. The summed E-state index contributed by atoms with van der Waals surface area (Å²) < 4.78 is 5.21. The Hall–Kier alpha value is -3.15. The minimum atomic E-state index is -0.398. The fourth-order valence-corrected chi connectivity index (χ4v) is 2.89. The molecule has 3 rings (SSSR count). The number of ether oxygens (including phenoxy) is 1. The van der Waals surface area contributed by atoms with E-state index in [1.807, 2.05) is 24.3 Å². The average molecular weight is 324 g/mol. The van der Waals surface area contributed by atoms with Crippen LogP contribution in [0.1, 0.15) is 11.1 Å². The van der Waals surface area contributed by atoms with Crippen LogP contribution in [0, 0.1) is 17.0 Å². The Balaban J connectivity index is 2.19. The third-order valence-corrected chi connectivity index (χ3v) is 4.15. The van der Waals surface area contributed by atoms with E-state index < -0.39 is 4.92 Å². The predicted octanol–water partition coefficient (Wildman–Crippen LogP) is 3.80. The second-order valence-electron chi connectivity index (χ2n) is 5.51. The van der Waals surface area contributed by atoms with Crippen molar-refractivity contribution >= 4 is 22.9 Å². The Morgan fingerprint density at radius 3 is 2.71 bits per heavy atom. The molecule has 0 fully saturated rings. The van der Waals surface area contributed by atoms with Crippen molar-refractivity contribution in [1.29, 1.82) is 0 Å². The van der Waals surface area contributed by atoms with E-state index in [-0.39, 0.29) is 12.1 Å². The third-order valence-electron chi connectivity index (χ3n) is 4.15. The summed E-state index contributed by atoms with van der Waals surface area (Å²) in [5.74, 6) is 0.722. The summed E-state index contributed by atoms with van der Waals surface area (Å²) in [5, 5.41) is 12.5. The minimum Gasteiger partial charge on any atom is -0.497 e. The molecule has 0 aliphatic heterocycles. The molecule has 1 heterocycles. The van der Waals surface area contributed by atoms with Crippen LogP contribution in [0.3, 0.4) is 0 Å². The molecule has 0 amide bonds. The lowest BCUT2D eigenvalue weighted by Gasteiger charge is -2.07. The molecule has 0 saturated heterocycles. The number of benzene rings is 2. The number of nitrogens with zero attached hydrogens (tertiary/aromatic N) is 1. The molecule has 122 valence electrons. The molecule has 6 nitrogen and oxygen atoms in total. The van der Waals surface area contributed by atoms with Crippen LogP contribution in [0.15, 0.2) is 36.4 Å². The van der Waals surface area contributed by atoms with Gasteiger partial charge in [0, 0.05) is 22.9 Å². The lowest BCUT2D eigenvalue weighted by atomic mass is 9.98. The van der Waals surface area contributed by atoms with Crippen LogP contribution in [0.5, 0.6) is 5.75 Å². The molecule has 0 saturated carbocycles. The number of nitro groups is 1. The highest BCUT2D eigenvalue weighted by atomic mass is 16.6. The average Bonchev–Trinajstić information content (AvgIpc) is 2.99. The first kappa shape index (κ1) is 15.7. The summed E-state index contributed by atoms with van der Waals surface area (Å²) in [4.78, 5) is 25.1. The molecule has 2 aromatic carbocycles. The quantitative estimate of drug-likeness (QED) is 0.439. The second kappa shape index (κ2) is 6.16. The van der Waals surface area contributed by atoms with E-state index in [0.29, 0.717) is 22.4 Å². The summed E-state index contributed by atoms with van der Waals surface area (Å²) in [6.07, 6.45) is 0.914. The fraction of sp³-hybridized carbons (Fsp3) is 0.167. The first-order chi connectivity index (χ1) is 11.5. The maximum Gasteiger partial charge on any atom is 0.281 e. The molecular formula is C18H16N2O4. The summed E-state index contributed by atoms with van der Waals surface area (Å²) in [6.45, 7) is 1.67. The first-order valence-electron chi connectivity index (χ1n) is 7.42. The van der Waals surface area contributed by atoms with Gasteiger partial charge in [-0.2, -0.15) is 0 Å². The van der Waals surface area contributed by atoms with Crippen LogP contribution in [0.2, 0.25) is 0 Å². The van der Waals surface area contributed by atoms with E-state index in [9.17, 15) is 14.9 Å². The summed E-state index contributed by atoms with van der Waals surface area (Å²) in [6, 6.07) is 10.9. The van der Waals surface area contributed by atoms with Gasteiger partial charge in [-0.05, 0) is 42.8 Å². The number of aldehydes is 1. The van der Waals surface area contributed by atoms with Crippen LogP contribution in [0.25, 0.3) is 22.2 Å². The number of carbonyl (C=O) groups is 1. The van der Waals surface area contributed by atoms with Crippen molar-refractivity contribution in [2.45, 2.75) is 13.3 Å². The van der Waals surface area contributed by atoms with Gasteiger partial charge in [0.25, 0.3) is 5.69 Å². The maximum absolute atomic E-state index is 11.6. The maximum atomic E-state index is 11.6. The number of fused-ring (bicyclic) bond motifs is 1. The molecule has 3 aromatic rings. The van der Waals surface area contributed by atoms with Crippen molar-refractivity contribution in [2.24, 2.45) is 0 Å². The summed E-state index contributed by atoms with van der Waals surface area (Å²) >= 11 is 0.